The summed E-state index contributed by atoms with van der Waals surface area (Å²) in [6.07, 6.45) is 0. The Labute approximate surface area is 130 Å². The van der Waals surface area contributed by atoms with E-state index in [0.717, 1.165) is 5.56 Å². The molecule has 108 valence electrons. The van der Waals surface area contributed by atoms with Crippen LogP contribution in [0, 0.1) is 5.92 Å². The van der Waals surface area contributed by atoms with Crippen LogP contribution in [0.15, 0.2) is 18.2 Å². The SMILES string of the molecule is CNCC(C)C(=O)NC(C)c1ccc(Cl)cc1Cl.Cl. The highest BCUT2D eigenvalue weighted by Crippen LogP contribution is 2.26. The number of carbonyl (C=O) groups excluding carboxylic acids is 1. The summed E-state index contributed by atoms with van der Waals surface area (Å²) in [5, 5.41) is 7.07. The number of nitrogens with one attached hydrogen (secondary N) is 2. The molecular weight excluding hydrogens is 307 g/mol. The van der Waals surface area contributed by atoms with E-state index in [2.05, 4.69) is 10.6 Å². The second kappa shape index (κ2) is 8.64. The molecule has 0 aliphatic rings. The molecule has 0 saturated heterocycles. The van der Waals surface area contributed by atoms with Gasteiger partial charge in [0.25, 0.3) is 0 Å². The fourth-order valence-electron chi connectivity index (χ4n) is 1.68. The van der Waals surface area contributed by atoms with Gasteiger partial charge in [-0.1, -0.05) is 36.2 Å². The summed E-state index contributed by atoms with van der Waals surface area (Å²) < 4.78 is 0. The minimum absolute atomic E-state index is 0. The lowest BCUT2D eigenvalue weighted by Crippen LogP contribution is -2.35. The van der Waals surface area contributed by atoms with Crippen molar-refractivity contribution in [2.75, 3.05) is 13.6 Å². The molecule has 6 heteroatoms. The molecule has 0 radical (unpaired) electrons. The third kappa shape index (κ3) is 5.57. The van der Waals surface area contributed by atoms with Crippen molar-refractivity contribution >= 4 is 41.5 Å². The minimum Gasteiger partial charge on any atom is -0.349 e. The van der Waals surface area contributed by atoms with Gasteiger partial charge < -0.3 is 10.6 Å². The smallest absolute Gasteiger partial charge is 0.224 e. The van der Waals surface area contributed by atoms with Crippen molar-refractivity contribution in [3.63, 3.8) is 0 Å². The molecule has 2 N–H and O–H groups in total. The maximum Gasteiger partial charge on any atom is 0.224 e. The maximum atomic E-state index is 11.9. The number of benzene rings is 1. The van der Waals surface area contributed by atoms with Crippen LogP contribution in [0.5, 0.6) is 0 Å². The van der Waals surface area contributed by atoms with E-state index < -0.39 is 0 Å². The van der Waals surface area contributed by atoms with Gasteiger partial charge in [0.2, 0.25) is 5.91 Å². The van der Waals surface area contributed by atoms with E-state index in [9.17, 15) is 4.79 Å². The van der Waals surface area contributed by atoms with Crippen molar-refractivity contribution in [1.29, 1.82) is 0 Å². The number of amides is 1. The van der Waals surface area contributed by atoms with Crippen molar-refractivity contribution in [2.24, 2.45) is 5.92 Å². The molecule has 1 rings (SSSR count). The highest BCUT2D eigenvalue weighted by atomic mass is 35.5. The van der Waals surface area contributed by atoms with Crippen molar-refractivity contribution in [1.82, 2.24) is 10.6 Å². The number of halogens is 3. The zero-order valence-corrected chi connectivity index (χ0v) is 13.5. The fraction of sp³-hybridized carbons (Fsp3) is 0.462. The summed E-state index contributed by atoms with van der Waals surface area (Å²) in [4.78, 5) is 11.9. The molecule has 0 aliphatic carbocycles. The first-order chi connectivity index (χ1) is 8.45. The van der Waals surface area contributed by atoms with Gasteiger partial charge >= 0.3 is 0 Å². The molecule has 0 saturated carbocycles. The predicted molar refractivity (Wildman–Crippen MR) is 83.4 cm³/mol. The summed E-state index contributed by atoms with van der Waals surface area (Å²) in [5.41, 5.74) is 0.867. The van der Waals surface area contributed by atoms with E-state index in [1.165, 1.54) is 0 Å². The molecule has 0 heterocycles. The van der Waals surface area contributed by atoms with Crippen molar-refractivity contribution < 1.29 is 4.79 Å². The van der Waals surface area contributed by atoms with Gasteiger partial charge in [-0.3, -0.25) is 4.79 Å². The Balaban J connectivity index is 0.00000324. The minimum atomic E-state index is -0.137. The van der Waals surface area contributed by atoms with E-state index in [0.29, 0.717) is 16.6 Å². The van der Waals surface area contributed by atoms with Gasteiger partial charge in [0.05, 0.1) is 6.04 Å². The van der Waals surface area contributed by atoms with E-state index >= 15 is 0 Å². The van der Waals surface area contributed by atoms with Crippen LogP contribution in [0.3, 0.4) is 0 Å². The van der Waals surface area contributed by atoms with Crippen LogP contribution in [0.1, 0.15) is 25.5 Å². The summed E-state index contributed by atoms with van der Waals surface area (Å²) in [7, 11) is 1.82. The van der Waals surface area contributed by atoms with Crippen LogP contribution >= 0.6 is 35.6 Å². The Morgan fingerprint density at radius 2 is 1.95 bits per heavy atom. The Bertz CT molecular complexity index is 426. The van der Waals surface area contributed by atoms with Crippen LogP contribution in [-0.4, -0.2) is 19.5 Å². The molecule has 1 aromatic rings. The fourth-order valence-corrected chi connectivity index (χ4v) is 2.26. The van der Waals surface area contributed by atoms with E-state index in [4.69, 9.17) is 23.2 Å². The van der Waals surface area contributed by atoms with Gasteiger partial charge in [0, 0.05) is 22.5 Å². The molecule has 2 unspecified atom stereocenters. The summed E-state index contributed by atoms with van der Waals surface area (Å²) in [5.74, 6) is -0.0774. The molecule has 0 fully saturated rings. The van der Waals surface area contributed by atoms with Crippen LogP contribution in [0.2, 0.25) is 10.0 Å². The molecule has 1 amide bonds. The van der Waals surface area contributed by atoms with Gasteiger partial charge in [0.1, 0.15) is 0 Å². The average Bonchev–Trinajstić information content (AvgIpc) is 2.28. The molecule has 0 bridgehead atoms. The lowest BCUT2D eigenvalue weighted by atomic mass is 10.1. The van der Waals surface area contributed by atoms with E-state index in [1.807, 2.05) is 27.0 Å². The van der Waals surface area contributed by atoms with Crippen LogP contribution in [0.4, 0.5) is 0 Å². The lowest BCUT2D eigenvalue weighted by Gasteiger charge is -2.18. The predicted octanol–water partition coefficient (Wildman–Crippen LogP) is 3.45. The first kappa shape index (κ1) is 18.5. The first-order valence-corrected chi connectivity index (χ1v) is 6.61. The molecular formula is C13H19Cl3N2O. The summed E-state index contributed by atoms with van der Waals surface area (Å²) >= 11 is 11.9. The van der Waals surface area contributed by atoms with Crippen LogP contribution in [0.25, 0.3) is 0 Å². The Kier molecular flexibility index (Phi) is 8.42. The monoisotopic (exact) mass is 324 g/mol. The molecule has 1 aromatic carbocycles. The topological polar surface area (TPSA) is 41.1 Å². The number of hydrogen-bond acceptors (Lipinski definition) is 2. The van der Waals surface area contributed by atoms with Crippen molar-refractivity contribution in [3.8, 4) is 0 Å². The zero-order valence-electron chi connectivity index (χ0n) is 11.2. The van der Waals surface area contributed by atoms with Gasteiger partial charge in [-0.25, -0.2) is 0 Å². The van der Waals surface area contributed by atoms with Gasteiger partial charge in [-0.2, -0.15) is 0 Å². The van der Waals surface area contributed by atoms with E-state index in [1.54, 1.807) is 12.1 Å². The van der Waals surface area contributed by atoms with Crippen molar-refractivity contribution in [3.05, 3.63) is 33.8 Å². The third-order valence-electron chi connectivity index (χ3n) is 2.75. The Hall–Kier alpha value is -0.480. The molecule has 2 atom stereocenters. The highest BCUT2D eigenvalue weighted by Gasteiger charge is 2.17. The Morgan fingerprint density at radius 3 is 2.47 bits per heavy atom. The van der Waals surface area contributed by atoms with Crippen LogP contribution < -0.4 is 10.6 Å². The van der Waals surface area contributed by atoms with Gasteiger partial charge in [0.15, 0.2) is 0 Å². The van der Waals surface area contributed by atoms with Crippen molar-refractivity contribution in [2.45, 2.75) is 19.9 Å². The average molecular weight is 326 g/mol. The highest BCUT2D eigenvalue weighted by molar-refractivity contribution is 6.35. The number of rotatable bonds is 5. The normalized spacial score (nSPS) is 13.3. The zero-order chi connectivity index (χ0) is 13.7. The standard InChI is InChI=1S/C13H18Cl2N2O.ClH/c1-8(7-16-3)13(18)17-9(2)11-5-4-10(14)6-12(11)15;/h4-6,8-9,16H,7H2,1-3H3,(H,17,18);1H. The van der Waals surface area contributed by atoms with E-state index in [-0.39, 0.29) is 30.3 Å². The molecule has 0 aromatic heterocycles. The molecule has 0 spiro atoms. The molecule has 3 nitrogen and oxygen atoms in total. The number of carbonyl (C=O) groups is 1. The third-order valence-corrected chi connectivity index (χ3v) is 3.31. The van der Waals surface area contributed by atoms with Crippen LogP contribution in [-0.2, 0) is 4.79 Å². The van der Waals surface area contributed by atoms with Gasteiger partial charge in [-0.05, 0) is 31.7 Å². The second-order valence-corrected chi connectivity index (χ2v) is 5.20. The maximum absolute atomic E-state index is 11.9. The summed E-state index contributed by atoms with van der Waals surface area (Å²) in [6, 6.07) is 5.14. The van der Waals surface area contributed by atoms with Gasteiger partial charge in [-0.15, -0.1) is 12.4 Å². The summed E-state index contributed by atoms with van der Waals surface area (Å²) in [6.45, 7) is 4.42. The largest absolute Gasteiger partial charge is 0.349 e. The first-order valence-electron chi connectivity index (χ1n) is 5.85. The lowest BCUT2D eigenvalue weighted by molar-refractivity contribution is -0.125. The quantitative estimate of drug-likeness (QED) is 0.870. The second-order valence-electron chi connectivity index (χ2n) is 4.35. The molecule has 0 aliphatic heterocycles. The number of hydrogen-bond donors (Lipinski definition) is 2. The Morgan fingerprint density at radius 1 is 1.32 bits per heavy atom. The molecule has 19 heavy (non-hydrogen) atoms.